The first-order valence-electron chi connectivity index (χ1n) is 3.58. The van der Waals surface area contributed by atoms with E-state index in [2.05, 4.69) is 9.58 Å². The van der Waals surface area contributed by atoms with E-state index < -0.39 is 5.97 Å². The Kier molecular flexibility index (Phi) is 4.54. The van der Waals surface area contributed by atoms with Gasteiger partial charge >= 0.3 is 11.7 Å². The van der Waals surface area contributed by atoms with Crippen molar-refractivity contribution in [1.82, 2.24) is 4.90 Å². The number of nitrogens with zero attached hydrogens (tertiary/aromatic N) is 2. The van der Waals surface area contributed by atoms with Crippen molar-refractivity contribution in [3.05, 3.63) is 16.7 Å². The molecule has 12 heavy (non-hydrogen) atoms. The fourth-order valence-electron chi connectivity index (χ4n) is 0.588. The zero-order valence-corrected chi connectivity index (χ0v) is 7.57. The second-order valence-corrected chi connectivity index (χ2v) is 2.33. The van der Waals surface area contributed by atoms with Crippen LogP contribution in [0.15, 0.2) is 11.9 Å². The number of hydrogen-bond donors (Lipinski definition) is 0. The van der Waals surface area contributed by atoms with Gasteiger partial charge in [0, 0.05) is 14.1 Å². The Morgan fingerprint density at radius 3 is 2.58 bits per heavy atom. The first-order valence-corrected chi connectivity index (χ1v) is 3.58. The molecule has 0 heterocycles. The fraction of sp³-hybridized carbons (Fsp3) is 0.500. The average Bonchev–Trinajstić information content (AvgIpc) is 2.00. The van der Waals surface area contributed by atoms with E-state index >= 15 is 0 Å². The van der Waals surface area contributed by atoms with Crippen molar-refractivity contribution in [3.63, 3.8) is 0 Å². The van der Waals surface area contributed by atoms with E-state index in [0.717, 1.165) is 0 Å². The second kappa shape index (κ2) is 5.19. The molecule has 0 spiro atoms. The van der Waals surface area contributed by atoms with Crippen molar-refractivity contribution in [2.75, 3.05) is 20.7 Å². The van der Waals surface area contributed by atoms with E-state index in [0.29, 0.717) is 6.61 Å². The molecule has 0 aliphatic carbocycles. The van der Waals surface area contributed by atoms with Crippen molar-refractivity contribution in [2.45, 2.75) is 6.92 Å². The summed E-state index contributed by atoms with van der Waals surface area (Å²) in [5.74, 6) is -0.506. The highest BCUT2D eigenvalue weighted by atomic mass is 16.5. The standard InChI is InChI=1S/C8H13N2O2/c1-5-12-8(11)7(9-2)6-10(3)4/h2,6H,5H2,1,3-4H3/q+1/b7-6+. The highest BCUT2D eigenvalue weighted by Gasteiger charge is 2.20. The van der Waals surface area contributed by atoms with Crippen molar-refractivity contribution in [1.29, 1.82) is 0 Å². The molecule has 66 valence electrons. The molecular weight excluding hydrogens is 156 g/mol. The van der Waals surface area contributed by atoms with E-state index in [-0.39, 0.29) is 5.70 Å². The highest BCUT2D eigenvalue weighted by Crippen LogP contribution is 2.00. The number of rotatable bonds is 3. The predicted molar refractivity (Wildman–Crippen MR) is 46.7 cm³/mol. The van der Waals surface area contributed by atoms with Gasteiger partial charge in [0.2, 0.25) is 0 Å². The lowest BCUT2D eigenvalue weighted by molar-refractivity contribution is -0.138. The molecule has 0 saturated carbocycles. The molecular formula is C8H13N2O2+. The highest BCUT2D eigenvalue weighted by molar-refractivity contribution is 5.90. The van der Waals surface area contributed by atoms with Gasteiger partial charge in [-0.05, 0) is 11.8 Å². The molecule has 0 unspecified atom stereocenters. The minimum atomic E-state index is -0.506. The maximum Gasteiger partial charge on any atom is 0.439 e. The zero-order chi connectivity index (χ0) is 9.56. The topological polar surface area (TPSA) is 33.9 Å². The van der Waals surface area contributed by atoms with Crippen LogP contribution in [0.25, 0.3) is 4.85 Å². The number of carbonyl (C=O) groups is 1. The van der Waals surface area contributed by atoms with Gasteiger partial charge in [-0.15, -0.1) is 0 Å². The molecule has 4 heteroatoms. The number of carbonyl (C=O) groups excluding carboxylic acids is 1. The summed E-state index contributed by atoms with van der Waals surface area (Å²) in [5, 5.41) is 0. The molecule has 0 aliphatic rings. The largest absolute Gasteiger partial charge is 0.457 e. The summed E-state index contributed by atoms with van der Waals surface area (Å²) >= 11 is 0. The minimum absolute atomic E-state index is 0.113. The SMILES string of the molecule is C#[N+]/C(=C/N(C)C)C(=O)OCC. The fourth-order valence-corrected chi connectivity index (χ4v) is 0.588. The summed E-state index contributed by atoms with van der Waals surface area (Å²) in [7, 11) is 3.54. The van der Waals surface area contributed by atoms with Gasteiger partial charge in [-0.3, -0.25) is 0 Å². The third-order valence-corrected chi connectivity index (χ3v) is 1.00. The first-order chi connectivity index (χ1) is 5.61. The normalized spacial score (nSPS) is 10.3. The van der Waals surface area contributed by atoms with Crippen LogP contribution in [0, 0.1) is 6.57 Å². The molecule has 0 rings (SSSR count). The van der Waals surface area contributed by atoms with Gasteiger partial charge in [0.15, 0.2) is 0 Å². The Balaban J connectivity index is 4.37. The third kappa shape index (κ3) is 3.62. The third-order valence-electron chi connectivity index (χ3n) is 1.00. The molecule has 0 amide bonds. The molecule has 0 bridgehead atoms. The van der Waals surface area contributed by atoms with E-state index in [1.807, 2.05) is 0 Å². The lowest BCUT2D eigenvalue weighted by atomic mass is 10.5. The Labute approximate surface area is 72.2 Å². The minimum Gasteiger partial charge on any atom is -0.457 e. The van der Waals surface area contributed by atoms with Gasteiger partial charge < -0.3 is 9.64 Å². The number of ether oxygens (including phenoxy) is 1. The smallest absolute Gasteiger partial charge is 0.439 e. The number of esters is 1. The summed E-state index contributed by atoms with van der Waals surface area (Å²) in [6, 6.07) is 0. The summed E-state index contributed by atoms with van der Waals surface area (Å²) < 4.78 is 4.69. The van der Waals surface area contributed by atoms with Crippen LogP contribution in [0.2, 0.25) is 0 Å². The quantitative estimate of drug-likeness (QED) is 0.465. The summed E-state index contributed by atoms with van der Waals surface area (Å²) in [4.78, 5) is 16.0. The van der Waals surface area contributed by atoms with Crippen LogP contribution in [0.4, 0.5) is 0 Å². The van der Waals surface area contributed by atoms with Gasteiger partial charge in [0.1, 0.15) is 0 Å². The van der Waals surface area contributed by atoms with Crippen molar-refractivity contribution in [2.24, 2.45) is 0 Å². The Morgan fingerprint density at radius 1 is 1.67 bits per heavy atom. The summed E-state index contributed by atoms with van der Waals surface area (Å²) in [6.07, 6.45) is 1.50. The summed E-state index contributed by atoms with van der Waals surface area (Å²) in [5.41, 5.74) is 0.113. The van der Waals surface area contributed by atoms with Gasteiger partial charge in [0.05, 0.1) is 12.8 Å². The lowest BCUT2D eigenvalue weighted by Gasteiger charge is -2.00. The van der Waals surface area contributed by atoms with Gasteiger partial charge in [0.25, 0.3) is 6.57 Å². The Bertz CT molecular complexity index is 226. The van der Waals surface area contributed by atoms with Crippen LogP contribution in [0.3, 0.4) is 0 Å². The molecule has 0 aliphatic heterocycles. The zero-order valence-electron chi connectivity index (χ0n) is 7.57. The molecule has 0 atom stereocenters. The van der Waals surface area contributed by atoms with Crippen molar-refractivity contribution >= 4 is 5.97 Å². The Hall–Kier alpha value is -1.50. The number of hydrogen-bond acceptors (Lipinski definition) is 3. The van der Waals surface area contributed by atoms with E-state index in [4.69, 9.17) is 6.57 Å². The molecule has 0 radical (unpaired) electrons. The van der Waals surface area contributed by atoms with Crippen LogP contribution in [-0.2, 0) is 9.53 Å². The van der Waals surface area contributed by atoms with Crippen LogP contribution in [0.5, 0.6) is 0 Å². The van der Waals surface area contributed by atoms with E-state index in [1.54, 1.807) is 25.9 Å². The van der Waals surface area contributed by atoms with Gasteiger partial charge in [-0.2, -0.15) is 0 Å². The average molecular weight is 169 g/mol. The monoisotopic (exact) mass is 169 g/mol. The molecule has 0 aromatic heterocycles. The van der Waals surface area contributed by atoms with Crippen molar-refractivity contribution < 1.29 is 9.53 Å². The van der Waals surface area contributed by atoms with Crippen LogP contribution >= 0.6 is 0 Å². The predicted octanol–water partition coefficient (Wildman–Crippen LogP) is 0.915. The van der Waals surface area contributed by atoms with E-state index in [9.17, 15) is 4.79 Å². The van der Waals surface area contributed by atoms with Crippen molar-refractivity contribution in [3.8, 4) is 6.57 Å². The molecule has 0 fully saturated rings. The molecule has 0 aromatic rings. The summed E-state index contributed by atoms with van der Waals surface area (Å²) in [6.45, 7) is 7.02. The second-order valence-electron chi connectivity index (χ2n) is 2.33. The maximum atomic E-state index is 11.0. The maximum absolute atomic E-state index is 11.0. The molecule has 0 saturated heterocycles. The van der Waals surface area contributed by atoms with Crippen LogP contribution in [0.1, 0.15) is 6.92 Å². The first kappa shape index (κ1) is 10.5. The molecule has 4 nitrogen and oxygen atoms in total. The lowest BCUT2D eigenvalue weighted by Crippen LogP contribution is -2.10. The van der Waals surface area contributed by atoms with E-state index in [1.165, 1.54) is 6.20 Å². The van der Waals surface area contributed by atoms with Gasteiger partial charge in [-0.25, -0.2) is 4.79 Å². The van der Waals surface area contributed by atoms with Crippen LogP contribution < -0.4 is 0 Å². The van der Waals surface area contributed by atoms with Gasteiger partial charge in [-0.1, -0.05) is 0 Å². The Morgan fingerprint density at radius 2 is 2.25 bits per heavy atom. The van der Waals surface area contributed by atoms with Crippen LogP contribution in [-0.4, -0.2) is 31.6 Å². The molecule has 0 aromatic carbocycles. The molecule has 0 N–H and O–H groups in total.